The first kappa shape index (κ1) is 18.1. The third-order valence-corrected chi connectivity index (χ3v) is 3.99. The lowest BCUT2D eigenvalue weighted by molar-refractivity contribution is -0.121. The van der Waals surface area contributed by atoms with Crippen LogP contribution in [0.25, 0.3) is 11.4 Å². The van der Waals surface area contributed by atoms with Gasteiger partial charge in [-0.05, 0) is 20.0 Å². The molecule has 1 aromatic heterocycles. The average molecular weight is 330 g/mol. The van der Waals surface area contributed by atoms with Gasteiger partial charge in [0.1, 0.15) is 0 Å². The van der Waals surface area contributed by atoms with Crippen LogP contribution in [-0.4, -0.2) is 47.1 Å². The molecule has 0 radical (unpaired) electrons. The molecule has 1 N–H and O–H groups in total. The molecule has 0 aliphatic heterocycles. The van der Waals surface area contributed by atoms with Gasteiger partial charge in [-0.3, -0.25) is 4.79 Å². The largest absolute Gasteiger partial charge is 0.355 e. The van der Waals surface area contributed by atoms with Crippen LogP contribution in [0.1, 0.15) is 31.7 Å². The average Bonchev–Trinajstić information content (AvgIpc) is 3.06. The highest BCUT2D eigenvalue weighted by Crippen LogP contribution is 2.16. The van der Waals surface area contributed by atoms with Crippen molar-refractivity contribution in [3.63, 3.8) is 0 Å². The van der Waals surface area contributed by atoms with E-state index in [1.54, 1.807) is 0 Å². The Balaban J connectivity index is 1.76. The van der Waals surface area contributed by atoms with Crippen molar-refractivity contribution in [1.29, 1.82) is 0 Å². The number of carbonyl (C=O) groups excluding carboxylic acids is 1. The molecule has 0 bridgehead atoms. The molecular weight excluding hydrogens is 304 g/mol. The first-order valence-electron chi connectivity index (χ1n) is 8.51. The van der Waals surface area contributed by atoms with Gasteiger partial charge in [-0.25, -0.2) is 0 Å². The number of aryl methyl sites for hydroxylation is 2. The second-order valence-corrected chi connectivity index (χ2v) is 5.75. The summed E-state index contributed by atoms with van der Waals surface area (Å²) in [6.07, 6.45) is 0.809. The van der Waals surface area contributed by atoms with E-state index in [4.69, 9.17) is 4.52 Å². The van der Waals surface area contributed by atoms with Crippen molar-refractivity contribution >= 4 is 5.91 Å². The Bertz CT molecular complexity index is 633. The molecule has 6 nitrogen and oxygen atoms in total. The number of benzene rings is 1. The van der Waals surface area contributed by atoms with Gasteiger partial charge in [0.25, 0.3) is 0 Å². The van der Waals surface area contributed by atoms with E-state index in [9.17, 15) is 4.79 Å². The molecule has 0 saturated heterocycles. The molecule has 2 rings (SSSR count). The maximum Gasteiger partial charge on any atom is 0.227 e. The van der Waals surface area contributed by atoms with E-state index in [0.29, 0.717) is 31.1 Å². The summed E-state index contributed by atoms with van der Waals surface area (Å²) in [5.74, 6) is 1.06. The van der Waals surface area contributed by atoms with Crippen LogP contribution in [0.4, 0.5) is 0 Å². The zero-order valence-corrected chi connectivity index (χ0v) is 14.7. The monoisotopic (exact) mass is 330 g/mol. The van der Waals surface area contributed by atoms with Gasteiger partial charge in [0.15, 0.2) is 0 Å². The molecule has 0 atom stereocenters. The lowest BCUT2D eigenvalue weighted by Gasteiger charge is -2.17. The van der Waals surface area contributed by atoms with E-state index in [1.807, 2.05) is 31.2 Å². The maximum atomic E-state index is 11.9. The Morgan fingerprint density at radius 2 is 1.92 bits per heavy atom. The van der Waals surface area contributed by atoms with Gasteiger partial charge in [0.05, 0.1) is 0 Å². The summed E-state index contributed by atoms with van der Waals surface area (Å²) in [6.45, 7) is 9.80. The molecule has 1 amide bonds. The molecule has 0 unspecified atom stereocenters. The number of amides is 1. The summed E-state index contributed by atoms with van der Waals surface area (Å²) >= 11 is 0. The number of likely N-dealkylation sites (N-methyl/N-ethyl adjacent to an activating group) is 1. The number of nitrogens with zero attached hydrogens (tertiary/aromatic N) is 3. The number of aromatic nitrogens is 2. The van der Waals surface area contributed by atoms with E-state index in [1.165, 1.54) is 5.56 Å². The fourth-order valence-corrected chi connectivity index (χ4v) is 2.38. The molecule has 0 saturated carbocycles. The van der Waals surface area contributed by atoms with Gasteiger partial charge >= 0.3 is 0 Å². The van der Waals surface area contributed by atoms with Crippen molar-refractivity contribution in [2.75, 3.05) is 26.2 Å². The zero-order chi connectivity index (χ0) is 17.4. The Hall–Kier alpha value is -2.21. The highest BCUT2D eigenvalue weighted by atomic mass is 16.5. The summed E-state index contributed by atoms with van der Waals surface area (Å²) in [7, 11) is 0. The number of nitrogens with one attached hydrogen (secondary N) is 1. The molecule has 0 spiro atoms. The molecule has 1 aromatic carbocycles. The Morgan fingerprint density at radius 1 is 1.21 bits per heavy atom. The van der Waals surface area contributed by atoms with E-state index in [0.717, 1.165) is 25.2 Å². The fraction of sp³-hybridized carbons (Fsp3) is 0.500. The van der Waals surface area contributed by atoms with Gasteiger partial charge in [-0.1, -0.05) is 48.8 Å². The van der Waals surface area contributed by atoms with Crippen molar-refractivity contribution in [1.82, 2.24) is 20.4 Å². The van der Waals surface area contributed by atoms with Gasteiger partial charge in [-0.15, -0.1) is 0 Å². The Kier molecular flexibility index (Phi) is 6.93. The van der Waals surface area contributed by atoms with Gasteiger partial charge in [-0.2, -0.15) is 4.98 Å². The Morgan fingerprint density at radius 3 is 2.58 bits per heavy atom. The minimum atomic E-state index is 0.0113. The predicted octanol–water partition coefficient (Wildman–Crippen LogP) is 2.44. The summed E-state index contributed by atoms with van der Waals surface area (Å²) < 4.78 is 5.23. The normalized spacial score (nSPS) is 11.0. The highest BCUT2D eigenvalue weighted by Gasteiger charge is 2.10. The standard InChI is InChI=1S/C18H26N4O2/c1-4-22(5-2)13-12-19-16(23)10-11-17-20-18(21-24-17)15-8-6-14(3)7-9-15/h6-9H,4-5,10-13H2,1-3H3,(H,19,23). The van der Waals surface area contributed by atoms with Gasteiger partial charge < -0.3 is 14.7 Å². The zero-order valence-electron chi connectivity index (χ0n) is 14.7. The molecule has 1 heterocycles. The second-order valence-electron chi connectivity index (χ2n) is 5.75. The van der Waals surface area contributed by atoms with Crippen molar-refractivity contribution in [2.24, 2.45) is 0 Å². The van der Waals surface area contributed by atoms with Crippen LogP contribution in [0.2, 0.25) is 0 Å². The van der Waals surface area contributed by atoms with Crippen molar-refractivity contribution in [3.8, 4) is 11.4 Å². The summed E-state index contributed by atoms with van der Waals surface area (Å²) in [5, 5.41) is 6.90. The molecule has 130 valence electrons. The van der Waals surface area contributed by atoms with Crippen molar-refractivity contribution in [3.05, 3.63) is 35.7 Å². The number of hydrogen-bond acceptors (Lipinski definition) is 5. The summed E-state index contributed by atoms with van der Waals surface area (Å²) in [5.41, 5.74) is 2.10. The number of hydrogen-bond donors (Lipinski definition) is 1. The maximum absolute atomic E-state index is 11.9. The minimum Gasteiger partial charge on any atom is -0.355 e. The van der Waals surface area contributed by atoms with Gasteiger partial charge in [0.2, 0.25) is 17.6 Å². The number of carbonyl (C=O) groups is 1. The second kappa shape index (κ2) is 9.17. The smallest absolute Gasteiger partial charge is 0.227 e. The first-order valence-corrected chi connectivity index (χ1v) is 8.51. The quantitative estimate of drug-likeness (QED) is 0.764. The summed E-state index contributed by atoms with van der Waals surface area (Å²) in [6, 6.07) is 7.94. The molecule has 0 fully saturated rings. The molecule has 6 heteroatoms. The van der Waals surface area contributed by atoms with Crippen LogP contribution >= 0.6 is 0 Å². The molecule has 0 aliphatic rings. The highest BCUT2D eigenvalue weighted by molar-refractivity contribution is 5.76. The third-order valence-electron chi connectivity index (χ3n) is 3.99. The summed E-state index contributed by atoms with van der Waals surface area (Å²) in [4.78, 5) is 18.5. The lowest BCUT2D eigenvalue weighted by atomic mass is 10.1. The van der Waals surface area contributed by atoms with Crippen LogP contribution in [0.5, 0.6) is 0 Å². The van der Waals surface area contributed by atoms with E-state index >= 15 is 0 Å². The van der Waals surface area contributed by atoms with E-state index < -0.39 is 0 Å². The van der Waals surface area contributed by atoms with Crippen LogP contribution in [0.15, 0.2) is 28.8 Å². The van der Waals surface area contributed by atoms with Crippen molar-refractivity contribution in [2.45, 2.75) is 33.6 Å². The number of rotatable bonds is 9. The fourth-order valence-electron chi connectivity index (χ4n) is 2.38. The van der Waals surface area contributed by atoms with Crippen LogP contribution in [-0.2, 0) is 11.2 Å². The van der Waals surface area contributed by atoms with Crippen LogP contribution in [0.3, 0.4) is 0 Å². The lowest BCUT2D eigenvalue weighted by Crippen LogP contribution is -2.34. The van der Waals surface area contributed by atoms with Crippen LogP contribution in [0, 0.1) is 6.92 Å². The molecule has 2 aromatic rings. The minimum absolute atomic E-state index is 0.0113. The SMILES string of the molecule is CCN(CC)CCNC(=O)CCc1nc(-c2ccc(C)cc2)no1. The topological polar surface area (TPSA) is 71.3 Å². The predicted molar refractivity (Wildman–Crippen MR) is 93.6 cm³/mol. The van der Waals surface area contributed by atoms with E-state index in [2.05, 4.69) is 34.2 Å². The molecule has 24 heavy (non-hydrogen) atoms. The van der Waals surface area contributed by atoms with E-state index in [-0.39, 0.29) is 5.91 Å². The van der Waals surface area contributed by atoms with Gasteiger partial charge in [0, 0.05) is 31.5 Å². The third kappa shape index (κ3) is 5.45. The van der Waals surface area contributed by atoms with Crippen LogP contribution < -0.4 is 5.32 Å². The first-order chi connectivity index (χ1) is 11.6. The molecule has 0 aliphatic carbocycles. The Labute approximate surface area is 143 Å². The van der Waals surface area contributed by atoms with Crippen molar-refractivity contribution < 1.29 is 9.32 Å². The molecular formula is C18H26N4O2.